The van der Waals surface area contributed by atoms with Crippen LogP contribution in [0.1, 0.15) is 19.4 Å². The van der Waals surface area contributed by atoms with Crippen LogP contribution < -0.4 is 16.0 Å². The molecule has 6 nitrogen and oxygen atoms in total. The van der Waals surface area contributed by atoms with E-state index in [2.05, 4.69) is 16.0 Å². The molecule has 0 aromatic heterocycles. The molecule has 6 heteroatoms. The minimum atomic E-state index is -0.439. The Balaban J connectivity index is 2.15. The summed E-state index contributed by atoms with van der Waals surface area (Å²) >= 11 is 0. The maximum atomic E-state index is 12.5. The van der Waals surface area contributed by atoms with E-state index in [1.165, 1.54) is 13.8 Å². The summed E-state index contributed by atoms with van der Waals surface area (Å²) in [5.74, 6) is -0.944. The molecule has 0 radical (unpaired) electrons. The number of rotatable bonds is 5. The van der Waals surface area contributed by atoms with E-state index < -0.39 is 5.91 Å². The maximum Gasteiger partial charge on any atom is 0.272 e. The van der Waals surface area contributed by atoms with Crippen molar-refractivity contribution in [1.82, 2.24) is 5.32 Å². The topological polar surface area (TPSA) is 87.3 Å². The zero-order chi connectivity index (χ0) is 18.2. The van der Waals surface area contributed by atoms with Crippen molar-refractivity contribution in [3.8, 4) is 0 Å². The Kier molecular flexibility index (Phi) is 6.06. The molecule has 0 unspecified atom stereocenters. The highest BCUT2D eigenvalue weighted by Crippen LogP contribution is 2.15. The smallest absolute Gasteiger partial charge is 0.272 e. The largest absolute Gasteiger partial charge is 0.326 e. The quantitative estimate of drug-likeness (QED) is 0.733. The molecule has 0 bridgehead atoms. The summed E-state index contributed by atoms with van der Waals surface area (Å²) in [7, 11) is 0. The molecule has 25 heavy (non-hydrogen) atoms. The van der Waals surface area contributed by atoms with E-state index in [0.717, 1.165) is 5.56 Å². The molecule has 0 aliphatic heterocycles. The van der Waals surface area contributed by atoms with E-state index in [9.17, 15) is 14.4 Å². The molecule has 0 aliphatic carbocycles. The summed E-state index contributed by atoms with van der Waals surface area (Å²) in [4.78, 5) is 34.8. The van der Waals surface area contributed by atoms with Crippen LogP contribution in [0.2, 0.25) is 0 Å². The third-order valence-electron chi connectivity index (χ3n) is 3.13. The number of hydrogen-bond donors (Lipinski definition) is 3. The fourth-order valence-corrected chi connectivity index (χ4v) is 2.10. The summed E-state index contributed by atoms with van der Waals surface area (Å²) in [6.45, 7) is 2.76. The van der Waals surface area contributed by atoms with Crippen molar-refractivity contribution in [3.63, 3.8) is 0 Å². The number of anilines is 2. The Hall–Kier alpha value is -3.41. The first kappa shape index (κ1) is 17.9. The molecule has 0 aliphatic rings. The predicted molar refractivity (Wildman–Crippen MR) is 97.6 cm³/mol. The Morgan fingerprint density at radius 2 is 1.32 bits per heavy atom. The van der Waals surface area contributed by atoms with Gasteiger partial charge in [-0.25, -0.2) is 0 Å². The average Bonchev–Trinajstić information content (AvgIpc) is 2.56. The van der Waals surface area contributed by atoms with Gasteiger partial charge in [-0.2, -0.15) is 0 Å². The van der Waals surface area contributed by atoms with Crippen LogP contribution in [0.25, 0.3) is 6.08 Å². The van der Waals surface area contributed by atoms with Gasteiger partial charge >= 0.3 is 0 Å². The Labute approximate surface area is 145 Å². The zero-order valence-corrected chi connectivity index (χ0v) is 14.0. The average molecular weight is 337 g/mol. The molecule has 0 atom stereocenters. The lowest BCUT2D eigenvalue weighted by atomic mass is 10.2. The molecule has 2 aromatic carbocycles. The van der Waals surface area contributed by atoms with E-state index >= 15 is 0 Å². The monoisotopic (exact) mass is 337 g/mol. The molecule has 0 fully saturated rings. The van der Waals surface area contributed by atoms with Crippen molar-refractivity contribution in [2.75, 3.05) is 10.6 Å². The van der Waals surface area contributed by atoms with Crippen LogP contribution >= 0.6 is 0 Å². The van der Waals surface area contributed by atoms with Gasteiger partial charge in [-0.1, -0.05) is 30.3 Å². The highest BCUT2D eigenvalue weighted by atomic mass is 16.2. The molecule has 0 heterocycles. The molecule has 2 rings (SSSR count). The van der Waals surface area contributed by atoms with Crippen molar-refractivity contribution in [2.24, 2.45) is 0 Å². The number of hydrogen-bond acceptors (Lipinski definition) is 3. The summed E-state index contributed by atoms with van der Waals surface area (Å²) < 4.78 is 0. The van der Waals surface area contributed by atoms with E-state index in [0.29, 0.717) is 11.4 Å². The maximum absolute atomic E-state index is 12.5. The number of carbonyl (C=O) groups excluding carboxylic acids is 3. The highest BCUT2D eigenvalue weighted by molar-refractivity contribution is 6.08. The van der Waals surface area contributed by atoms with Crippen molar-refractivity contribution < 1.29 is 14.4 Å². The van der Waals surface area contributed by atoms with Crippen molar-refractivity contribution in [3.05, 3.63) is 65.9 Å². The van der Waals surface area contributed by atoms with Crippen LogP contribution in [-0.4, -0.2) is 17.7 Å². The van der Waals surface area contributed by atoms with Gasteiger partial charge in [0.05, 0.1) is 0 Å². The van der Waals surface area contributed by atoms with Gasteiger partial charge in [0.25, 0.3) is 5.91 Å². The molecule has 0 spiro atoms. The van der Waals surface area contributed by atoms with Gasteiger partial charge < -0.3 is 16.0 Å². The van der Waals surface area contributed by atoms with E-state index in [1.807, 2.05) is 30.3 Å². The van der Waals surface area contributed by atoms with Crippen LogP contribution in [-0.2, 0) is 14.4 Å². The van der Waals surface area contributed by atoms with Crippen LogP contribution in [0.3, 0.4) is 0 Å². The van der Waals surface area contributed by atoms with Crippen molar-refractivity contribution >= 4 is 35.2 Å². The third kappa shape index (κ3) is 5.95. The lowest BCUT2D eigenvalue weighted by Gasteiger charge is -2.10. The Morgan fingerprint density at radius 1 is 0.760 bits per heavy atom. The SMILES string of the molecule is CC(=O)NC(=Cc1ccccc1)C(=O)Nc1ccc(NC(C)=O)cc1. The lowest BCUT2D eigenvalue weighted by molar-refractivity contribution is -0.120. The first-order valence-corrected chi connectivity index (χ1v) is 7.67. The van der Waals surface area contributed by atoms with Crippen molar-refractivity contribution in [1.29, 1.82) is 0 Å². The second-order valence-corrected chi connectivity index (χ2v) is 5.36. The number of benzene rings is 2. The summed E-state index contributed by atoms with van der Waals surface area (Å²) in [5, 5.41) is 7.90. The van der Waals surface area contributed by atoms with Gasteiger partial charge in [-0.15, -0.1) is 0 Å². The molecule has 3 N–H and O–H groups in total. The fourth-order valence-electron chi connectivity index (χ4n) is 2.10. The van der Waals surface area contributed by atoms with Crippen LogP contribution in [0.5, 0.6) is 0 Å². The lowest BCUT2D eigenvalue weighted by Crippen LogP contribution is -2.28. The molecule has 0 saturated heterocycles. The van der Waals surface area contributed by atoms with Crippen LogP contribution in [0.4, 0.5) is 11.4 Å². The second-order valence-electron chi connectivity index (χ2n) is 5.36. The highest BCUT2D eigenvalue weighted by Gasteiger charge is 2.11. The Bertz CT molecular complexity index is 796. The molecule has 128 valence electrons. The first-order valence-electron chi connectivity index (χ1n) is 7.67. The summed E-state index contributed by atoms with van der Waals surface area (Å²) in [6.07, 6.45) is 1.60. The van der Waals surface area contributed by atoms with Gasteiger partial charge in [0.15, 0.2) is 0 Å². The number of nitrogens with one attached hydrogen (secondary N) is 3. The minimum Gasteiger partial charge on any atom is -0.326 e. The van der Waals surface area contributed by atoms with Gasteiger partial charge in [-0.3, -0.25) is 14.4 Å². The minimum absolute atomic E-state index is 0.143. The third-order valence-corrected chi connectivity index (χ3v) is 3.13. The first-order chi connectivity index (χ1) is 11.9. The van der Waals surface area contributed by atoms with E-state index in [4.69, 9.17) is 0 Å². The summed E-state index contributed by atoms with van der Waals surface area (Å²) in [6, 6.07) is 15.9. The van der Waals surface area contributed by atoms with Crippen molar-refractivity contribution in [2.45, 2.75) is 13.8 Å². The standard InChI is InChI=1S/C19H19N3O3/c1-13(23)20-16-8-10-17(11-9-16)22-19(25)18(21-14(2)24)12-15-6-4-3-5-7-15/h3-12H,1-2H3,(H,20,23)(H,21,24)(H,22,25). The van der Waals surface area contributed by atoms with Gasteiger partial charge in [0, 0.05) is 25.2 Å². The molecular formula is C19H19N3O3. The van der Waals surface area contributed by atoms with Gasteiger partial charge in [0.1, 0.15) is 5.70 Å². The van der Waals surface area contributed by atoms with E-state index in [-0.39, 0.29) is 17.5 Å². The van der Waals surface area contributed by atoms with Gasteiger partial charge in [0.2, 0.25) is 11.8 Å². The van der Waals surface area contributed by atoms with Crippen LogP contribution in [0, 0.1) is 0 Å². The predicted octanol–water partition coefficient (Wildman–Crippen LogP) is 2.76. The zero-order valence-electron chi connectivity index (χ0n) is 14.0. The fraction of sp³-hybridized carbons (Fsp3) is 0.105. The van der Waals surface area contributed by atoms with Gasteiger partial charge in [-0.05, 0) is 35.9 Å². The number of carbonyl (C=O) groups is 3. The normalized spacial score (nSPS) is 10.7. The molecule has 3 amide bonds. The van der Waals surface area contributed by atoms with Crippen LogP contribution in [0.15, 0.2) is 60.3 Å². The Morgan fingerprint density at radius 3 is 1.84 bits per heavy atom. The molecule has 0 saturated carbocycles. The van der Waals surface area contributed by atoms with E-state index in [1.54, 1.807) is 30.3 Å². The molecular weight excluding hydrogens is 318 g/mol. The summed E-state index contributed by atoms with van der Waals surface area (Å²) in [5.41, 5.74) is 2.11. The number of amides is 3. The second kappa shape index (κ2) is 8.44. The molecule has 2 aromatic rings.